The van der Waals surface area contributed by atoms with Gasteiger partial charge in [-0.05, 0) is 48.9 Å². The second-order valence-corrected chi connectivity index (χ2v) is 8.77. The van der Waals surface area contributed by atoms with Crippen LogP contribution in [-0.4, -0.2) is 57.4 Å². The number of ether oxygens (including phenoxy) is 2. The summed E-state index contributed by atoms with van der Waals surface area (Å²) in [4.78, 5) is 6.98. The van der Waals surface area contributed by atoms with Gasteiger partial charge in [0.15, 0.2) is 5.96 Å². The third-order valence-electron chi connectivity index (χ3n) is 6.86. The van der Waals surface area contributed by atoms with E-state index in [4.69, 9.17) is 9.47 Å². The lowest BCUT2D eigenvalue weighted by molar-refractivity contribution is -0.00864. The van der Waals surface area contributed by atoms with Gasteiger partial charge in [0.2, 0.25) is 0 Å². The summed E-state index contributed by atoms with van der Waals surface area (Å²) >= 11 is 0. The van der Waals surface area contributed by atoms with Crippen LogP contribution in [0.25, 0.3) is 0 Å². The lowest BCUT2D eigenvalue weighted by Crippen LogP contribution is -2.52. The molecule has 31 heavy (non-hydrogen) atoms. The number of morpholine rings is 1. The van der Waals surface area contributed by atoms with Crippen LogP contribution in [0.5, 0.6) is 0 Å². The molecule has 0 amide bonds. The van der Waals surface area contributed by atoms with Gasteiger partial charge >= 0.3 is 0 Å². The third kappa shape index (κ3) is 4.78. The van der Waals surface area contributed by atoms with E-state index in [0.29, 0.717) is 6.61 Å². The maximum absolute atomic E-state index is 6.13. The van der Waals surface area contributed by atoms with Crippen LogP contribution in [0.2, 0.25) is 0 Å². The zero-order chi connectivity index (χ0) is 21.7. The second-order valence-electron chi connectivity index (χ2n) is 8.77. The highest BCUT2D eigenvalue weighted by atomic mass is 16.5. The summed E-state index contributed by atoms with van der Waals surface area (Å²) in [5.41, 5.74) is 5.40. The van der Waals surface area contributed by atoms with Crippen LogP contribution in [0.4, 0.5) is 0 Å². The van der Waals surface area contributed by atoms with E-state index in [9.17, 15) is 0 Å². The number of aliphatic imine (C=N–C) groups is 1. The number of nitrogens with one attached hydrogen (secondary N) is 1. The average molecular weight is 422 g/mol. The Bertz CT molecular complexity index is 905. The molecule has 4 rings (SSSR count). The standard InChI is InChI=1S/C26H35N3O2/c1-20-8-4-6-10-22(20)24-18-29(14-17-31-24)25(27-3)28-19-26(12-15-30-16-13-26)23-11-7-5-9-21(23)2/h4-11,24H,12-19H2,1-3H3,(H,27,28). The molecule has 0 bridgehead atoms. The van der Waals surface area contributed by atoms with Crippen molar-refractivity contribution >= 4 is 5.96 Å². The summed E-state index contributed by atoms with van der Waals surface area (Å²) < 4.78 is 11.9. The number of guanidine groups is 1. The Labute approximate surface area is 186 Å². The molecule has 5 heteroatoms. The van der Waals surface area contributed by atoms with Crippen LogP contribution in [0.3, 0.4) is 0 Å². The molecule has 2 aliphatic rings. The lowest BCUT2D eigenvalue weighted by Gasteiger charge is -2.41. The topological polar surface area (TPSA) is 46.1 Å². The van der Waals surface area contributed by atoms with Crippen molar-refractivity contribution in [2.75, 3.05) is 46.5 Å². The van der Waals surface area contributed by atoms with E-state index in [0.717, 1.165) is 51.6 Å². The van der Waals surface area contributed by atoms with Gasteiger partial charge in [-0.25, -0.2) is 0 Å². The Morgan fingerprint density at radius 3 is 2.45 bits per heavy atom. The van der Waals surface area contributed by atoms with Gasteiger partial charge in [-0.15, -0.1) is 0 Å². The van der Waals surface area contributed by atoms with E-state index >= 15 is 0 Å². The maximum Gasteiger partial charge on any atom is 0.193 e. The molecule has 0 radical (unpaired) electrons. The van der Waals surface area contributed by atoms with Gasteiger partial charge in [-0.3, -0.25) is 4.99 Å². The molecule has 0 aromatic heterocycles. The first-order chi connectivity index (χ1) is 15.1. The van der Waals surface area contributed by atoms with Crippen molar-refractivity contribution in [2.24, 2.45) is 4.99 Å². The van der Waals surface area contributed by atoms with Gasteiger partial charge in [0.05, 0.1) is 13.2 Å². The first-order valence-corrected chi connectivity index (χ1v) is 11.4. The fourth-order valence-corrected chi connectivity index (χ4v) is 5.03. The largest absolute Gasteiger partial charge is 0.381 e. The molecule has 2 heterocycles. The smallest absolute Gasteiger partial charge is 0.193 e. The Morgan fingerprint density at radius 1 is 1.03 bits per heavy atom. The number of nitrogens with zero attached hydrogens (tertiary/aromatic N) is 2. The normalized spacial score (nSPS) is 21.7. The first-order valence-electron chi connectivity index (χ1n) is 11.4. The fourth-order valence-electron chi connectivity index (χ4n) is 5.03. The van der Waals surface area contributed by atoms with Crippen LogP contribution in [-0.2, 0) is 14.9 Å². The Balaban J connectivity index is 1.49. The first kappa shape index (κ1) is 21.8. The zero-order valence-electron chi connectivity index (χ0n) is 19.1. The molecule has 2 aromatic carbocycles. The monoisotopic (exact) mass is 421 g/mol. The molecule has 2 aliphatic heterocycles. The number of rotatable bonds is 4. The molecule has 1 atom stereocenters. The molecule has 5 nitrogen and oxygen atoms in total. The van der Waals surface area contributed by atoms with Crippen molar-refractivity contribution in [3.63, 3.8) is 0 Å². The van der Waals surface area contributed by atoms with E-state index in [2.05, 4.69) is 77.6 Å². The van der Waals surface area contributed by atoms with Crippen molar-refractivity contribution in [3.05, 3.63) is 70.8 Å². The average Bonchev–Trinajstić information content (AvgIpc) is 2.81. The number of aryl methyl sites for hydroxylation is 2. The molecule has 2 saturated heterocycles. The molecule has 0 spiro atoms. The summed E-state index contributed by atoms with van der Waals surface area (Å²) in [5.74, 6) is 0.960. The van der Waals surface area contributed by atoms with Crippen molar-refractivity contribution in [1.82, 2.24) is 10.2 Å². The van der Waals surface area contributed by atoms with Crippen molar-refractivity contribution in [1.29, 1.82) is 0 Å². The van der Waals surface area contributed by atoms with Crippen molar-refractivity contribution in [2.45, 2.75) is 38.2 Å². The van der Waals surface area contributed by atoms with Crippen LogP contribution < -0.4 is 5.32 Å². The Kier molecular flexibility index (Phi) is 6.93. The molecule has 1 unspecified atom stereocenters. The minimum atomic E-state index is 0.0707. The molecule has 166 valence electrons. The maximum atomic E-state index is 6.13. The summed E-state index contributed by atoms with van der Waals surface area (Å²) in [5, 5.41) is 3.73. The SMILES string of the molecule is CN=C(NCC1(c2ccccc2C)CCOCC1)N1CCOC(c2ccccc2C)C1. The number of hydrogen-bond acceptors (Lipinski definition) is 3. The molecule has 2 fully saturated rings. The fraction of sp³-hybridized carbons (Fsp3) is 0.500. The van der Waals surface area contributed by atoms with Crippen LogP contribution in [0.15, 0.2) is 53.5 Å². The number of hydrogen-bond donors (Lipinski definition) is 1. The highest BCUT2D eigenvalue weighted by Gasteiger charge is 2.36. The van der Waals surface area contributed by atoms with Gasteiger partial charge < -0.3 is 19.7 Å². The minimum absolute atomic E-state index is 0.0707. The van der Waals surface area contributed by atoms with Gasteiger partial charge in [0.25, 0.3) is 0 Å². The van der Waals surface area contributed by atoms with E-state index in [1.807, 2.05) is 7.05 Å². The number of benzene rings is 2. The third-order valence-corrected chi connectivity index (χ3v) is 6.86. The van der Waals surface area contributed by atoms with E-state index in [1.165, 1.54) is 22.3 Å². The Morgan fingerprint density at radius 2 is 1.74 bits per heavy atom. The zero-order valence-corrected chi connectivity index (χ0v) is 19.1. The van der Waals surface area contributed by atoms with Crippen LogP contribution >= 0.6 is 0 Å². The summed E-state index contributed by atoms with van der Waals surface area (Å²) in [6, 6.07) is 17.3. The molecule has 0 saturated carbocycles. The van der Waals surface area contributed by atoms with E-state index in [-0.39, 0.29) is 11.5 Å². The van der Waals surface area contributed by atoms with Gasteiger partial charge in [0.1, 0.15) is 6.10 Å². The molecule has 1 N–H and O–H groups in total. The molecule has 0 aliphatic carbocycles. The second kappa shape index (κ2) is 9.84. The molecule has 2 aromatic rings. The van der Waals surface area contributed by atoms with E-state index in [1.54, 1.807) is 0 Å². The summed E-state index contributed by atoms with van der Waals surface area (Å²) in [6.45, 7) is 9.21. The Hall–Kier alpha value is -2.37. The molecular formula is C26H35N3O2. The quantitative estimate of drug-likeness (QED) is 0.599. The molecular weight excluding hydrogens is 386 g/mol. The highest BCUT2D eigenvalue weighted by molar-refractivity contribution is 5.80. The van der Waals surface area contributed by atoms with Gasteiger partial charge in [-0.1, -0.05) is 48.5 Å². The summed E-state index contributed by atoms with van der Waals surface area (Å²) in [7, 11) is 1.88. The highest BCUT2D eigenvalue weighted by Crippen LogP contribution is 2.36. The predicted molar refractivity (Wildman–Crippen MR) is 126 cm³/mol. The van der Waals surface area contributed by atoms with Crippen LogP contribution in [0.1, 0.15) is 41.2 Å². The van der Waals surface area contributed by atoms with Gasteiger partial charge in [0, 0.05) is 38.8 Å². The summed E-state index contributed by atoms with van der Waals surface area (Å²) in [6.07, 6.45) is 2.12. The van der Waals surface area contributed by atoms with Crippen molar-refractivity contribution < 1.29 is 9.47 Å². The lowest BCUT2D eigenvalue weighted by atomic mass is 9.72. The van der Waals surface area contributed by atoms with Crippen molar-refractivity contribution in [3.8, 4) is 0 Å². The van der Waals surface area contributed by atoms with Gasteiger partial charge in [-0.2, -0.15) is 0 Å². The van der Waals surface area contributed by atoms with E-state index < -0.39 is 0 Å². The minimum Gasteiger partial charge on any atom is -0.381 e. The van der Waals surface area contributed by atoms with Crippen LogP contribution in [0, 0.1) is 13.8 Å². The predicted octanol–water partition coefficient (Wildman–Crippen LogP) is 4.00.